The molecule has 3 heterocycles. The second-order valence-corrected chi connectivity index (χ2v) is 8.37. The summed E-state index contributed by atoms with van der Waals surface area (Å²) in [7, 11) is 1.69. The van der Waals surface area contributed by atoms with Gasteiger partial charge < -0.3 is 4.74 Å². The molecule has 1 atom stereocenters. The van der Waals surface area contributed by atoms with Gasteiger partial charge in [0.1, 0.15) is 5.75 Å². The first-order valence-corrected chi connectivity index (χ1v) is 10.6. The number of nitrogens with zero attached hydrogens (tertiary/aromatic N) is 4. The molecule has 0 amide bonds. The molecule has 142 valence electrons. The quantitative estimate of drug-likeness (QED) is 0.575. The lowest BCUT2D eigenvalue weighted by Crippen LogP contribution is -2.36. The van der Waals surface area contributed by atoms with E-state index < -0.39 is 0 Å². The summed E-state index contributed by atoms with van der Waals surface area (Å²) in [5, 5.41) is 6.98. The fourth-order valence-electron chi connectivity index (χ4n) is 3.70. The van der Waals surface area contributed by atoms with Crippen molar-refractivity contribution in [3.05, 3.63) is 46.5 Å². The zero-order valence-electron chi connectivity index (χ0n) is 15.7. The van der Waals surface area contributed by atoms with Crippen LogP contribution in [0, 0.1) is 10.7 Å². The summed E-state index contributed by atoms with van der Waals surface area (Å²) >= 11 is 7.53. The van der Waals surface area contributed by atoms with Gasteiger partial charge in [0.2, 0.25) is 4.77 Å². The van der Waals surface area contributed by atoms with Gasteiger partial charge in [-0.05, 0) is 61.1 Å². The summed E-state index contributed by atoms with van der Waals surface area (Å²) in [5.41, 5.74) is 0.923. The predicted molar refractivity (Wildman–Crippen MR) is 112 cm³/mol. The maximum Gasteiger partial charge on any atom is 0.204 e. The minimum Gasteiger partial charge on any atom is -0.495 e. The summed E-state index contributed by atoms with van der Waals surface area (Å²) in [4.78, 5) is 3.54. The van der Waals surface area contributed by atoms with Crippen LogP contribution in [-0.4, -0.2) is 39.4 Å². The standard InChI is InChI=1S/C20H24N4OS2/c1-15-7-5-11-22(13-15)14-23-20(26)24(16-8-3-4-9-17(16)25-2)19(21-23)18-10-6-12-27-18/h3-4,6,8-10,12,15H,5,7,11,13-14H2,1-2H3/t15-/m0/s1. The minimum absolute atomic E-state index is 0.695. The summed E-state index contributed by atoms with van der Waals surface area (Å²) in [5.74, 6) is 2.38. The maximum atomic E-state index is 5.86. The Balaban J connectivity index is 1.80. The Bertz CT molecular complexity index is 961. The lowest BCUT2D eigenvalue weighted by atomic mass is 10.0. The van der Waals surface area contributed by atoms with E-state index in [2.05, 4.69) is 23.3 Å². The van der Waals surface area contributed by atoms with Gasteiger partial charge >= 0.3 is 0 Å². The molecule has 0 aliphatic carbocycles. The fraction of sp³-hybridized carbons (Fsp3) is 0.400. The molecule has 1 aliphatic rings. The number of para-hydroxylation sites is 2. The minimum atomic E-state index is 0.695. The predicted octanol–water partition coefficient (Wildman–Crippen LogP) is 4.83. The maximum absolute atomic E-state index is 5.86. The number of ether oxygens (including phenoxy) is 1. The Kier molecular flexibility index (Phi) is 5.43. The molecule has 27 heavy (non-hydrogen) atoms. The molecule has 2 aromatic heterocycles. The van der Waals surface area contributed by atoms with E-state index >= 15 is 0 Å². The van der Waals surface area contributed by atoms with Crippen molar-refractivity contribution in [3.63, 3.8) is 0 Å². The van der Waals surface area contributed by atoms with Crippen molar-refractivity contribution in [1.82, 2.24) is 19.2 Å². The number of piperidine rings is 1. The van der Waals surface area contributed by atoms with Crippen LogP contribution in [0.3, 0.4) is 0 Å². The largest absolute Gasteiger partial charge is 0.495 e. The molecule has 1 fully saturated rings. The number of thiophene rings is 1. The van der Waals surface area contributed by atoms with Crippen LogP contribution in [0.2, 0.25) is 0 Å². The molecule has 5 nitrogen and oxygen atoms in total. The highest BCUT2D eigenvalue weighted by Crippen LogP contribution is 2.31. The van der Waals surface area contributed by atoms with Gasteiger partial charge in [0.25, 0.3) is 0 Å². The monoisotopic (exact) mass is 400 g/mol. The van der Waals surface area contributed by atoms with Crippen molar-refractivity contribution in [2.75, 3.05) is 20.2 Å². The van der Waals surface area contributed by atoms with Crippen molar-refractivity contribution in [2.24, 2.45) is 5.92 Å². The number of hydrogen-bond donors (Lipinski definition) is 0. The van der Waals surface area contributed by atoms with Crippen molar-refractivity contribution >= 4 is 23.6 Å². The Morgan fingerprint density at radius 1 is 1.26 bits per heavy atom. The van der Waals surface area contributed by atoms with Gasteiger partial charge in [-0.25, -0.2) is 4.68 Å². The van der Waals surface area contributed by atoms with E-state index in [4.69, 9.17) is 22.1 Å². The molecule has 4 rings (SSSR count). The summed E-state index contributed by atoms with van der Waals surface area (Å²) in [6.07, 6.45) is 2.54. The van der Waals surface area contributed by atoms with Gasteiger partial charge in [-0.2, -0.15) is 0 Å². The molecule has 0 N–H and O–H groups in total. The van der Waals surface area contributed by atoms with Gasteiger partial charge in [-0.1, -0.05) is 25.1 Å². The van der Waals surface area contributed by atoms with E-state index in [-0.39, 0.29) is 0 Å². The molecule has 0 radical (unpaired) electrons. The number of rotatable bonds is 5. The first-order valence-electron chi connectivity index (χ1n) is 9.27. The number of likely N-dealkylation sites (tertiary alicyclic amines) is 1. The van der Waals surface area contributed by atoms with Crippen molar-refractivity contribution in [3.8, 4) is 22.1 Å². The Hall–Kier alpha value is -1.96. The van der Waals surface area contributed by atoms with E-state index in [1.165, 1.54) is 12.8 Å². The van der Waals surface area contributed by atoms with Gasteiger partial charge in [0, 0.05) is 6.54 Å². The van der Waals surface area contributed by atoms with E-state index in [1.54, 1.807) is 18.4 Å². The summed E-state index contributed by atoms with van der Waals surface area (Å²) in [6, 6.07) is 12.1. The van der Waals surface area contributed by atoms with Crippen LogP contribution in [0.15, 0.2) is 41.8 Å². The Morgan fingerprint density at radius 3 is 2.85 bits per heavy atom. The topological polar surface area (TPSA) is 35.2 Å². The van der Waals surface area contributed by atoms with E-state index in [0.29, 0.717) is 4.77 Å². The smallest absolute Gasteiger partial charge is 0.204 e. The second-order valence-electron chi connectivity index (χ2n) is 7.06. The molecule has 7 heteroatoms. The van der Waals surface area contributed by atoms with Crippen LogP contribution in [0.5, 0.6) is 5.75 Å². The van der Waals surface area contributed by atoms with Crippen molar-refractivity contribution in [2.45, 2.75) is 26.4 Å². The summed E-state index contributed by atoms with van der Waals surface area (Å²) < 4.78 is 10.3. The van der Waals surface area contributed by atoms with E-state index in [1.807, 2.05) is 39.6 Å². The zero-order valence-corrected chi connectivity index (χ0v) is 17.3. The lowest BCUT2D eigenvalue weighted by Gasteiger charge is -2.30. The molecule has 0 saturated carbocycles. The third-order valence-corrected chi connectivity index (χ3v) is 6.24. The Labute approximate surface area is 168 Å². The number of hydrogen-bond acceptors (Lipinski definition) is 5. The van der Waals surface area contributed by atoms with Crippen LogP contribution >= 0.6 is 23.6 Å². The number of benzene rings is 1. The first-order chi connectivity index (χ1) is 13.2. The molecular weight excluding hydrogens is 376 g/mol. The second kappa shape index (κ2) is 7.96. The average Bonchev–Trinajstić information content (AvgIpc) is 3.31. The van der Waals surface area contributed by atoms with Crippen molar-refractivity contribution < 1.29 is 4.74 Å². The highest BCUT2D eigenvalue weighted by atomic mass is 32.1. The number of methoxy groups -OCH3 is 1. The molecule has 0 bridgehead atoms. The third-order valence-electron chi connectivity index (χ3n) is 4.98. The van der Waals surface area contributed by atoms with E-state index in [9.17, 15) is 0 Å². The molecule has 1 saturated heterocycles. The van der Waals surface area contributed by atoms with Crippen LogP contribution in [0.4, 0.5) is 0 Å². The zero-order chi connectivity index (χ0) is 18.8. The molecular formula is C20H24N4OS2. The number of aromatic nitrogens is 3. The highest BCUT2D eigenvalue weighted by Gasteiger charge is 2.21. The van der Waals surface area contributed by atoms with Crippen LogP contribution < -0.4 is 4.74 Å². The van der Waals surface area contributed by atoms with E-state index in [0.717, 1.165) is 47.8 Å². The molecule has 0 unspecified atom stereocenters. The normalized spacial score (nSPS) is 17.9. The highest BCUT2D eigenvalue weighted by molar-refractivity contribution is 7.71. The molecule has 1 aliphatic heterocycles. The van der Waals surface area contributed by atoms with Crippen molar-refractivity contribution in [1.29, 1.82) is 0 Å². The fourth-order valence-corrected chi connectivity index (χ4v) is 4.68. The molecule has 3 aromatic rings. The molecule has 1 aromatic carbocycles. The van der Waals surface area contributed by atoms with Crippen LogP contribution in [0.1, 0.15) is 19.8 Å². The van der Waals surface area contributed by atoms with Gasteiger partial charge in [0.05, 0.1) is 24.3 Å². The lowest BCUT2D eigenvalue weighted by molar-refractivity contribution is 0.138. The first kappa shape index (κ1) is 18.4. The average molecular weight is 401 g/mol. The van der Waals surface area contributed by atoms with Crippen LogP contribution in [-0.2, 0) is 6.67 Å². The van der Waals surface area contributed by atoms with Gasteiger partial charge in [-0.3, -0.25) is 9.47 Å². The molecule has 0 spiro atoms. The van der Waals surface area contributed by atoms with Gasteiger partial charge in [0.15, 0.2) is 5.82 Å². The Morgan fingerprint density at radius 2 is 2.11 bits per heavy atom. The van der Waals surface area contributed by atoms with Gasteiger partial charge in [-0.15, -0.1) is 16.4 Å². The summed E-state index contributed by atoms with van der Waals surface area (Å²) in [6.45, 7) is 5.24. The SMILES string of the molecule is COc1ccccc1-n1c(-c2cccs2)nn(CN2CCC[C@H](C)C2)c1=S. The third kappa shape index (κ3) is 3.72. The van der Waals surface area contributed by atoms with Crippen LogP contribution in [0.25, 0.3) is 16.4 Å².